The van der Waals surface area contributed by atoms with E-state index in [4.69, 9.17) is 5.84 Å². The monoisotopic (exact) mass is 260 g/mol. The van der Waals surface area contributed by atoms with E-state index in [1.54, 1.807) is 6.20 Å². The number of aromatic nitrogens is 4. The average molecular weight is 260 g/mol. The lowest BCUT2D eigenvalue weighted by Crippen LogP contribution is -2.17. The number of nitrogen functional groups attached to an aromatic ring is 1. The summed E-state index contributed by atoms with van der Waals surface area (Å²) in [4.78, 5) is 8.99. The van der Waals surface area contributed by atoms with Crippen LogP contribution in [0.4, 0.5) is 5.82 Å². The zero-order chi connectivity index (χ0) is 14.0. The van der Waals surface area contributed by atoms with Gasteiger partial charge in [0.2, 0.25) is 0 Å². The van der Waals surface area contributed by atoms with E-state index in [2.05, 4.69) is 41.3 Å². The third-order valence-corrected chi connectivity index (χ3v) is 2.86. The highest BCUT2D eigenvalue weighted by Gasteiger charge is 2.18. The van der Waals surface area contributed by atoms with E-state index < -0.39 is 0 Å². The molecule has 0 unspecified atom stereocenters. The molecule has 3 N–H and O–H groups in total. The maximum absolute atomic E-state index is 5.48. The van der Waals surface area contributed by atoms with Crippen LogP contribution in [0, 0.1) is 0 Å². The predicted molar refractivity (Wildman–Crippen MR) is 75.4 cm³/mol. The summed E-state index contributed by atoms with van der Waals surface area (Å²) in [5, 5.41) is 4.24. The zero-order valence-electron chi connectivity index (χ0n) is 11.8. The molecule has 2 heterocycles. The lowest BCUT2D eigenvalue weighted by molar-refractivity contribution is 0.568. The van der Waals surface area contributed by atoms with Crippen molar-refractivity contribution < 1.29 is 0 Å². The van der Waals surface area contributed by atoms with Gasteiger partial charge in [-0.05, 0) is 6.92 Å². The van der Waals surface area contributed by atoms with E-state index in [1.165, 1.54) is 0 Å². The Morgan fingerprint density at radius 3 is 2.58 bits per heavy atom. The van der Waals surface area contributed by atoms with E-state index in [0.29, 0.717) is 11.6 Å². The zero-order valence-corrected chi connectivity index (χ0v) is 11.8. The number of hydrogen-bond donors (Lipinski definition) is 2. The van der Waals surface area contributed by atoms with Crippen molar-refractivity contribution in [1.29, 1.82) is 0 Å². The van der Waals surface area contributed by atoms with Gasteiger partial charge in [-0.2, -0.15) is 5.10 Å². The van der Waals surface area contributed by atoms with Crippen LogP contribution >= 0.6 is 0 Å². The second kappa shape index (κ2) is 4.97. The second-order valence-corrected chi connectivity index (χ2v) is 5.44. The number of aryl methyl sites for hydroxylation is 1. The summed E-state index contributed by atoms with van der Waals surface area (Å²) in [5.74, 6) is 6.73. The molecule has 0 amide bonds. The Balaban J connectivity index is 2.50. The molecule has 102 valence electrons. The number of rotatable bonds is 3. The summed E-state index contributed by atoms with van der Waals surface area (Å²) >= 11 is 0. The van der Waals surface area contributed by atoms with Crippen LogP contribution in [-0.2, 0) is 12.0 Å². The van der Waals surface area contributed by atoms with Crippen molar-refractivity contribution in [1.82, 2.24) is 19.7 Å². The Bertz CT molecular complexity index is 567. The molecule has 0 aliphatic carbocycles. The minimum atomic E-state index is -0.0654. The van der Waals surface area contributed by atoms with Gasteiger partial charge in [-0.25, -0.2) is 15.8 Å². The molecule has 19 heavy (non-hydrogen) atoms. The molecule has 6 nitrogen and oxygen atoms in total. The first-order chi connectivity index (χ1) is 8.94. The molecule has 6 heteroatoms. The van der Waals surface area contributed by atoms with Gasteiger partial charge in [0.1, 0.15) is 5.82 Å². The number of hydrazine groups is 1. The Hall–Kier alpha value is -1.95. The fourth-order valence-corrected chi connectivity index (χ4v) is 1.69. The first-order valence-corrected chi connectivity index (χ1v) is 6.33. The van der Waals surface area contributed by atoms with E-state index in [0.717, 1.165) is 17.8 Å². The van der Waals surface area contributed by atoms with Gasteiger partial charge in [-0.15, -0.1) is 0 Å². The Kier molecular flexibility index (Phi) is 3.53. The summed E-state index contributed by atoms with van der Waals surface area (Å²) in [7, 11) is 0. The maximum Gasteiger partial charge on any atom is 0.165 e. The van der Waals surface area contributed by atoms with E-state index in [9.17, 15) is 0 Å². The highest BCUT2D eigenvalue weighted by atomic mass is 15.3. The molecule has 2 aromatic rings. The largest absolute Gasteiger partial charge is 0.308 e. The van der Waals surface area contributed by atoms with Gasteiger partial charge < -0.3 is 5.43 Å². The van der Waals surface area contributed by atoms with Crippen LogP contribution in [0.2, 0.25) is 0 Å². The molecular weight excluding hydrogens is 240 g/mol. The standard InChI is InChI=1S/C13H20N6/c1-5-19-8-9(7-15-19)12-16-10(13(2,3)4)6-11(17-12)18-14/h6-8H,5,14H2,1-4H3,(H,16,17,18). The Morgan fingerprint density at radius 2 is 2.05 bits per heavy atom. The third kappa shape index (κ3) is 2.90. The smallest absolute Gasteiger partial charge is 0.165 e. The molecule has 0 aromatic carbocycles. The molecule has 0 saturated carbocycles. The maximum atomic E-state index is 5.48. The number of anilines is 1. The number of nitrogens with two attached hydrogens (primary N) is 1. The van der Waals surface area contributed by atoms with E-state index in [-0.39, 0.29) is 5.41 Å². The van der Waals surface area contributed by atoms with Crippen molar-refractivity contribution in [2.45, 2.75) is 39.7 Å². The SMILES string of the molecule is CCn1cc(-c2nc(NN)cc(C(C)(C)C)n2)cn1. The van der Waals surface area contributed by atoms with Crippen LogP contribution in [-0.4, -0.2) is 19.7 Å². The van der Waals surface area contributed by atoms with Crippen LogP contribution in [0.15, 0.2) is 18.5 Å². The van der Waals surface area contributed by atoms with E-state index in [1.807, 2.05) is 23.9 Å². The first-order valence-electron chi connectivity index (χ1n) is 6.33. The minimum Gasteiger partial charge on any atom is -0.308 e. The number of nitrogens with zero attached hydrogens (tertiary/aromatic N) is 4. The summed E-state index contributed by atoms with van der Waals surface area (Å²) in [5.41, 5.74) is 4.36. The van der Waals surface area contributed by atoms with Crippen LogP contribution < -0.4 is 11.3 Å². The molecule has 0 aliphatic rings. The summed E-state index contributed by atoms with van der Waals surface area (Å²) in [6.45, 7) is 9.18. The molecule has 0 aliphatic heterocycles. The van der Waals surface area contributed by atoms with Crippen molar-refractivity contribution in [3.05, 3.63) is 24.2 Å². The van der Waals surface area contributed by atoms with Crippen molar-refractivity contribution in [3.8, 4) is 11.4 Å². The lowest BCUT2D eigenvalue weighted by Gasteiger charge is -2.19. The van der Waals surface area contributed by atoms with Gasteiger partial charge in [0.25, 0.3) is 0 Å². The van der Waals surface area contributed by atoms with Crippen molar-refractivity contribution in [3.63, 3.8) is 0 Å². The molecule has 0 spiro atoms. The van der Waals surface area contributed by atoms with Gasteiger partial charge in [0.15, 0.2) is 5.82 Å². The fraction of sp³-hybridized carbons (Fsp3) is 0.462. The topological polar surface area (TPSA) is 81.7 Å². The number of nitrogens with one attached hydrogen (secondary N) is 1. The minimum absolute atomic E-state index is 0.0654. The lowest BCUT2D eigenvalue weighted by atomic mass is 9.92. The van der Waals surface area contributed by atoms with Crippen LogP contribution in [0.25, 0.3) is 11.4 Å². The van der Waals surface area contributed by atoms with Gasteiger partial charge >= 0.3 is 0 Å². The van der Waals surface area contributed by atoms with Crippen molar-refractivity contribution in [2.75, 3.05) is 5.43 Å². The number of hydrogen-bond acceptors (Lipinski definition) is 5. The highest BCUT2D eigenvalue weighted by molar-refractivity contribution is 5.55. The quantitative estimate of drug-likeness (QED) is 0.651. The first kappa shape index (κ1) is 13.5. The van der Waals surface area contributed by atoms with Crippen molar-refractivity contribution in [2.24, 2.45) is 5.84 Å². The van der Waals surface area contributed by atoms with E-state index >= 15 is 0 Å². The predicted octanol–water partition coefficient (Wildman–Crippen LogP) is 1.94. The average Bonchev–Trinajstić information content (AvgIpc) is 2.86. The van der Waals surface area contributed by atoms with Gasteiger partial charge in [0.05, 0.1) is 17.5 Å². The van der Waals surface area contributed by atoms with Crippen molar-refractivity contribution >= 4 is 5.82 Å². The molecule has 0 saturated heterocycles. The summed E-state index contributed by atoms with van der Waals surface area (Å²) < 4.78 is 1.85. The molecule has 0 radical (unpaired) electrons. The van der Waals surface area contributed by atoms with Gasteiger partial charge in [0, 0.05) is 24.2 Å². The Labute approximate surface area is 113 Å². The Morgan fingerprint density at radius 1 is 1.32 bits per heavy atom. The van der Waals surface area contributed by atoms with Gasteiger partial charge in [-0.3, -0.25) is 4.68 Å². The van der Waals surface area contributed by atoms with Crippen LogP contribution in [0.1, 0.15) is 33.4 Å². The third-order valence-electron chi connectivity index (χ3n) is 2.86. The van der Waals surface area contributed by atoms with Crippen LogP contribution in [0.5, 0.6) is 0 Å². The summed E-state index contributed by atoms with van der Waals surface area (Å²) in [6, 6.07) is 1.87. The molecule has 0 fully saturated rings. The van der Waals surface area contributed by atoms with Crippen LogP contribution in [0.3, 0.4) is 0 Å². The molecule has 0 bridgehead atoms. The van der Waals surface area contributed by atoms with Gasteiger partial charge in [-0.1, -0.05) is 20.8 Å². The molecule has 2 rings (SSSR count). The molecule has 0 atom stereocenters. The molecular formula is C13H20N6. The molecule has 2 aromatic heterocycles. The second-order valence-electron chi connectivity index (χ2n) is 5.44. The fourth-order valence-electron chi connectivity index (χ4n) is 1.69. The highest BCUT2D eigenvalue weighted by Crippen LogP contribution is 2.25. The normalized spacial score (nSPS) is 11.6. The summed E-state index contributed by atoms with van der Waals surface area (Å²) in [6.07, 6.45) is 3.70.